The highest BCUT2D eigenvalue weighted by Crippen LogP contribution is 2.37. The third kappa shape index (κ3) is 5.37. The first-order chi connectivity index (χ1) is 23.0. The van der Waals surface area contributed by atoms with Crippen molar-refractivity contribution in [1.82, 2.24) is 29.9 Å². The van der Waals surface area contributed by atoms with Crippen molar-refractivity contribution in [1.29, 1.82) is 0 Å². The van der Waals surface area contributed by atoms with Crippen molar-refractivity contribution in [3.8, 4) is 56.2 Å². The molecule has 0 spiro atoms. The second kappa shape index (κ2) is 11.6. The van der Waals surface area contributed by atoms with Gasteiger partial charge in [0.2, 0.25) is 0 Å². The molecule has 224 valence electrons. The molecule has 0 aliphatic rings. The monoisotopic (exact) mass is 628 g/mol. The van der Waals surface area contributed by atoms with Crippen molar-refractivity contribution in [3.63, 3.8) is 0 Å². The minimum absolute atomic E-state index is 0.340. The first kappa shape index (κ1) is 28.2. The quantitative estimate of drug-likeness (QED) is 0.194. The highest BCUT2D eigenvalue weighted by molar-refractivity contribution is 6.35. The molecule has 4 aromatic carbocycles. The lowest BCUT2D eigenvalue weighted by Gasteiger charge is -2.13. The van der Waals surface area contributed by atoms with Gasteiger partial charge >= 0.3 is 0 Å². The Labute approximate surface area is 274 Å². The first-order valence-corrected chi connectivity index (χ1v) is 15.2. The number of aromatic nitrogens is 6. The lowest BCUT2D eigenvalue weighted by atomic mass is 9.97. The van der Waals surface area contributed by atoms with Gasteiger partial charge in [0.05, 0.1) is 51.2 Å². The molecule has 0 unspecified atom stereocenters. The topological polar surface area (TPSA) is 129 Å². The Balaban J connectivity index is 1.22. The summed E-state index contributed by atoms with van der Waals surface area (Å²) >= 11 is 6.81. The molecule has 0 aliphatic carbocycles. The number of hydrogen-bond acceptors (Lipinski definition) is 8. The molecule has 0 fully saturated rings. The maximum absolute atomic E-state index is 6.81. The van der Waals surface area contributed by atoms with Gasteiger partial charge in [-0.15, -0.1) is 0 Å². The summed E-state index contributed by atoms with van der Waals surface area (Å²) in [5.74, 6) is 0.681. The standard InChI is InChI=1S/C38H25ClN8/c39-30-18-28(36-37(46-32(40)21-45-36)22-6-2-1-3-7-22)16-27-17-29(19-43-34(27)30)23-8-4-9-25(14-23)38-35(44-20-33(41)47-38)26-11-12-31-24(15-26)10-5-13-42-31/h1-21H,(H2,40,46)(H2,41,47). The average Bonchev–Trinajstić information content (AvgIpc) is 3.11. The third-order valence-corrected chi connectivity index (χ3v) is 8.27. The zero-order valence-electron chi connectivity index (χ0n) is 24.8. The number of hydrogen-bond donors (Lipinski definition) is 2. The summed E-state index contributed by atoms with van der Waals surface area (Å²) in [5, 5.41) is 2.40. The van der Waals surface area contributed by atoms with Crippen LogP contribution in [0.4, 0.5) is 11.6 Å². The Kier molecular flexibility index (Phi) is 6.97. The van der Waals surface area contributed by atoms with Crippen molar-refractivity contribution < 1.29 is 0 Å². The van der Waals surface area contributed by atoms with Gasteiger partial charge in [-0.3, -0.25) is 19.9 Å². The number of nitrogens with two attached hydrogens (primary N) is 2. The highest BCUT2D eigenvalue weighted by atomic mass is 35.5. The summed E-state index contributed by atoms with van der Waals surface area (Å²) < 4.78 is 0. The van der Waals surface area contributed by atoms with Gasteiger partial charge in [-0.25, -0.2) is 9.97 Å². The molecule has 8 nitrogen and oxygen atoms in total. The Morgan fingerprint density at radius 3 is 1.91 bits per heavy atom. The van der Waals surface area contributed by atoms with E-state index < -0.39 is 0 Å². The van der Waals surface area contributed by atoms with Gasteiger partial charge in [0.25, 0.3) is 0 Å². The van der Waals surface area contributed by atoms with E-state index in [-0.39, 0.29) is 0 Å². The van der Waals surface area contributed by atoms with E-state index in [0.717, 1.165) is 55.4 Å². The molecule has 0 saturated heterocycles. The van der Waals surface area contributed by atoms with Gasteiger partial charge < -0.3 is 11.5 Å². The van der Waals surface area contributed by atoms with Gasteiger partial charge in [-0.1, -0.05) is 72.3 Å². The molecule has 9 heteroatoms. The van der Waals surface area contributed by atoms with E-state index in [0.29, 0.717) is 39.3 Å². The van der Waals surface area contributed by atoms with E-state index >= 15 is 0 Å². The summed E-state index contributed by atoms with van der Waals surface area (Å²) in [6.07, 6.45) is 6.75. The molecule has 4 N–H and O–H groups in total. The zero-order valence-corrected chi connectivity index (χ0v) is 25.6. The van der Waals surface area contributed by atoms with Gasteiger partial charge in [0, 0.05) is 51.0 Å². The van der Waals surface area contributed by atoms with Crippen LogP contribution in [0.1, 0.15) is 0 Å². The number of nitrogen functional groups attached to an aromatic ring is 2. The SMILES string of the molecule is Nc1cnc(-c2cc(Cl)c3ncc(-c4cccc(-c5nc(N)cnc5-c5ccc6ncccc6c5)c4)cc3c2)c(-c2ccccc2)n1. The second-order valence-electron chi connectivity index (χ2n) is 11.1. The molecule has 0 aliphatic heterocycles. The predicted molar refractivity (Wildman–Crippen MR) is 189 cm³/mol. The molecule has 0 amide bonds. The number of halogens is 1. The largest absolute Gasteiger partial charge is 0.382 e. The normalized spacial score (nSPS) is 11.3. The molecule has 8 aromatic rings. The Bertz CT molecular complexity index is 2460. The van der Waals surface area contributed by atoms with Crippen LogP contribution in [0, 0.1) is 0 Å². The molecule has 0 bridgehead atoms. The van der Waals surface area contributed by atoms with Crippen LogP contribution in [0.2, 0.25) is 5.02 Å². The zero-order chi connectivity index (χ0) is 31.9. The van der Waals surface area contributed by atoms with Crippen LogP contribution in [-0.2, 0) is 0 Å². The van der Waals surface area contributed by atoms with Gasteiger partial charge in [0.1, 0.15) is 11.6 Å². The lowest BCUT2D eigenvalue weighted by molar-refractivity contribution is 1.22. The van der Waals surface area contributed by atoms with E-state index in [1.165, 1.54) is 0 Å². The molecule has 4 aromatic heterocycles. The summed E-state index contributed by atoms with van der Waals surface area (Å²) in [6.45, 7) is 0. The predicted octanol–water partition coefficient (Wildman–Crippen LogP) is 8.52. The summed E-state index contributed by atoms with van der Waals surface area (Å²) in [4.78, 5) is 27.9. The number of nitrogens with zero attached hydrogens (tertiary/aromatic N) is 6. The van der Waals surface area contributed by atoms with E-state index in [2.05, 4.69) is 33.2 Å². The van der Waals surface area contributed by atoms with Gasteiger partial charge in [-0.05, 0) is 48.0 Å². The van der Waals surface area contributed by atoms with Gasteiger partial charge in [0.15, 0.2) is 0 Å². The minimum Gasteiger partial charge on any atom is -0.382 e. The summed E-state index contributed by atoms with van der Waals surface area (Å²) in [6, 6.07) is 33.9. The summed E-state index contributed by atoms with van der Waals surface area (Å²) in [7, 11) is 0. The highest BCUT2D eigenvalue weighted by Gasteiger charge is 2.16. The van der Waals surface area contributed by atoms with Crippen LogP contribution >= 0.6 is 11.6 Å². The van der Waals surface area contributed by atoms with E-state index in [1.807, 2.05) is 91.1 Å². The van der Waals surface area contributed by atoms with Gasteiger partial charge in [-0.2, -0.15) is 0 Å². The number of anilines is 2. The third-order valence-electron chi connectivity index (χ3n) is 7.99. The van der Waals surface area contributed by atoms with Crippen LogP contribution < -0.4 is 11.5 Å². The molecule has 0 radical (unpaired) electrons. The van der Waals surface area contributed by atoms with Crippen molar-refractivity contribution in [2.75, 3.05) is 11.5 Å². The molecular formula is C38H25ClN8. The second-order valence-corrected chi connectivity index (χ2v) is 11.5. The van der Waals surface area contributed by atoms with Crippen LogP contribution in [0.3, 0.4) is 0 Å². The van der Waals surface area contributed by atoms with Crippen LogP contribution in [0.5, 0.6) is 0 Å². The molecule has 4 heterocycles. The molecule has 47 heavy (non-hydrogen) atoms. The minimum atomic E-state index is 0.340. The first-order valence-electron chi connectivity index (χ1n) is 14.9. The smallest absolute Gasteiger partial charge is 0.142 e. The molecule has 0 saturated carbocycles. The maximum atomic E-state index is 6.81. The average molecular weight is 629 g/mol. The maximum Gasteiger partial charge on any atom is 0.142 e. The number of fused-ring (bicyclic) bond motifs is 2. The van der Waals surface area contributed by atoms with E-state index in [9.17, 15) is 0 Å². The molecule has 8 rings (SSSR count). The van der Waals surface area contributed by atoms with E-state index in [4.69, 9.17) is 38.0 Å². The van der Waals surface area contributed by atoms with Crippen molar-refractivity contribution in [3.05, 3.63) is 133 Å². The summed E-state index contributed by atoms with van der Waals surface area (Å²) in [5.41, 5.74) is 22.0. The van der Waals surface area contributed by atoms with Crippen LogP contribution in [0.15, 0.2) is 128 Å². The Morgan fingerprint density at radius 2 is 1.11 bits per heavy atom. The Hall–Kier alpha value is -6.25. The fourth-order valence-corrected chi connectivity index (χ4v) is 6.07. The fourth-order valence-electron chi connectivity index (χ4n) is 5.80. The number of rotatable bonds is 5. The Morgan fingerprint density at radius 1 is 0.447 bits per heavy atom. The van der Waals surface area contributed by atoms with Crippen LogP contribution in [-0.4, -0.2) is 29.9 Å². The van der Waals surface area contributed by atoms with Crippen molar-refractivity contribution >= 4 is 45.0 Å². The number of pyridine rings is 2. The van der Waals surface area contributed by atoms with Crippen molar-refractivity contribution in [2.24, 2.45) is 0 Å². The lowest BCUT2D eigenvalue weighted by Crippen LogP contribution is -1.99. The molecule has 0 atom stereocenters. The molecular weight excluding hydrogens is 604 g/mol. The number of benzene rings is 4. The van der Waals surface area contributed by atoms with Crippen LogP contribution in [0.25, 0.3) is 78.0 Å². The van der Waals surface area contributed by atoms with E-state index in [1.54, 1.807) is 18.6 Å². The fraction of sp³-hybridized carbons (Fsp3) is 0. The van der Waals surface area contributed by atoms with Crippen molar-refractivity contribution in [2.45, 2.75) is 0 Å².